The van der Waals surface area contributed by atoms with E-state index in [1.807, 2.05) is 35.2 Å². The van der Waals surface area contributed by atoms with E-state index in [-0.39, 0.29) is 23.2 Å². The van der Waals surface area contributed by atoms with E-state index >= 15 is 0 Å². The second kappa shape index (κ2) is 5.94. The van der Waals surface area contributed by atoms with Crippen LogP contribution in [0.15, 0.2) is 36.5 Å². The predicted octanol–water partition coefficient (Wildman–Crippen LogP) is 1.45. The number of piperidine rings is 1. The maximum atomic E-state index is 12.9. The van der Waals surface area contributed by atoms with Crippen molar-refractivity contribution in [2.75, 3.05) is 6.26 Å². The van der Waals surface area contributed by atoms with Gasteiger partial charge in [0.2, 0.25) is 0 Å². The molecule has 2 saturated heterocycles. The van der Waals surface area contributed by atoms with Gasteiger partial charge in [0.25, 0.3) is 5.91 Å². The van der Waals surface area contributed by atoms with Crippen molar-refractivity contribution < 1.29 is 13.2 Å². The molecule has 2 bridgehead atoms. The lowest BCUT2D eigenvalue weighted by atomic mass is 10.0. The van der Waals surface area contributed by atoms with Crippen LogP contribution in [0.4, 0.5) is 0 Å². The highest BCUT2D eigenvalue weighted by Crippen LogP contribution is 2.38. The van der Waals surface area contributed by atoms with Gasteiger partial charge in [0, 0.05) is 18.3 Å². The van der Waals surface area contributed by atoms with Crippen molar-refractivity contribution in [1.82, 2.24) is 19.9 Å². The van der Waals surface area contributed by atoms with Crippen molar-refractivity contribution in [3.8, 4) is 5.69 Å². The van der Waals surface area contributed by atoms with Crippen LogP contribution in [0.3, 0.4) is 0 Å². The standard InChI is InChI=1S/C17H20N4O3S/c1-25(23,24)15-9-13-7-8-14(10-15)20(13)17(22)16-11-18-21(19-16)12-5-3-2-4-6-12/h2-6,11,13-15H,7-10H2,1H3. The average Bonchev–Trinajstić information content (AvgIpc) is 3.17. The Labute approximate surface area is 146 Å². The van der Waals surface area contributed by atoms with E-state index in [2.05, 4.69) is 10.2 Å². The molecule has 0 N–H and O–H groups in total. The van der Waals surface area contributed by atoms with Gasteiger partial charge >= 0.3 is 0 Å². The van der Waals surface area contributed by atoms with Gasteiger partial charge in [0.15, 0.2) is 5.69 Å². The molecule has 2 unspecified atom stereocenters. The van der Waals surface area contributed by atoms with E-state index in [9.17, 15) is 13.2 Å². The molecule has 7 nitrogen and oxygen atoms in total. The van der Waals surface area contributed by atoms with Gasteiger partial charge in [0.1, 0.15) is 9.84 Å². The topological polar surface area (TPSA) is 85.2 Å². The molecule has 2 aliphatic rings. The molecule has 4 rings (SSSR count). The quantitative estimate of drug-likeness (QED) is 0.827. The highest BCUT2D eigenvalue weighted by molar-refractivity contribution is 7.91. The third-order valence-electron chi connectivity index (χ3n) is 5.23. The molecule has 2 aromatic rings. The molecule has 0 aliphatic carbocycles. The Bertz CT molecular complexity index is 880. The molecule has 0 saturated carbocycles. The summed E-state index contributed by atoms with van der Waals surface area (Å²) in [4.78, 5) is 16.2. The molecule has 3 heterocycles. The zero-order chi connectivity index (χ0) is 17.6. The number of amides is 1. The van der Waals surface area contributed by atoms with E-state index in [0.29, 0.717) is 18.5 Å². The minimum Gasteiger partial charge on any atom is -0.331 e. The number of benzene rings is 1. The van der Waals surface area contributed by atoms with Gasteiger partial charge in [-0.15, -0.1) is 5.10 Å². The predicted molar refractivity (Wildman–Crippen MR) is 92.2 cm³/mol. The zero-order valence-electron chi connectivity index (χ0n) is 13.9. The molecule has 8 heteroatoms. The summed E-state index contributed by atoms with van der Waals surface area (Å²) in [6.45, 7) is 0. The van der Waals surface area contributed by atoms with Crippen LogP contribution in [-0.2, 0) is 9.84 Å². The van der Waals surface area contributed by atoms with Crippen molar-refractivity contribution in [1.29, 1.82) is 0 Å². The molecule has 1 amide bonds. The smallest absolute Gasteiger partial charge is 0.276 e. The van der Waals surface area contributed by atoms with Gasteiger partial charge in [-0.25, -0.2) is 8.42 Å². The molecule has 2 fully saturated rings. The minimum atomic E-state index is -3.07. The SMILES string of the molecule is CS(=O)(=O)C1CC2CCC(C1)N2C(=O)c1cnn(-c2ccccc2)n1. The Kier molecular flexibility index (Phi) is 3.87. The van der Waals surface area contributed by atoms with E-state index in [1.165, 1.54) is 17.2 Å². The molecule has 0 spiro atoms. The number of hydrogen-bond donors (Lipinski definition) is 0. The van der Waals surface area contributed by atoms with Crippen LogP contribution in [0, 0.1) is 0 Å². The molecule has 0 radical (unpaired) electrons. The summed E-state index contributed by atoms with van der Waals surface area (Å²) in [6, 6.07) is 9.38. The van der Waals surface area contributed by atoms with Crippen LogP contribution in [0.2, 0.25) is 0 Å². The van der Waals surface area contributed by atoms with E-state index in [1.54, 1.807) is 0 Å². The molecule has 1 aromatic heterocycles. The highest BCUT2D eigenvalue weighted by atomic mass is 32.2. The van der Waals surface area contributed by atoms with Crippen LogP contribution in [-0.4, -0.2) is 57.8 Å². The largest absolute Gasteiger partial charge is 0.331 e. The summed E-state index contributed by atoms with van der Waals surface area (Å²) in [5, 5.41) is 8.17. The second-order valence-electron chi connectivity index (χ2n) is 6.88. The van der Waals surface area contributed by atoms with Crippen LogP contribution in [0.25, 0.3) is 5.69 Å². The van der Waals surface area contributed by atoms with E-state index < -0.39 is 9.84 Å². The first-order valence-corrected chi connectivity index (χ1v) is 10.4. The average molecular weight is 360 g/mol. The van der Waals surface area contributed by atoms with Crippen molar-refractivity contribution in [2.45, 2.75) is 43.0 Å². The van der Waals surface area contributed by atoms with Crippen molar-refractivity contribution in [3.05, 3.63) is 42.2 Å². The van der Waals surface area contributed by atoms with Gasteiger partial charge in [-0.1, -0.05) is 18.2 Å². The number of nitrogens with zero attached hydrogens (tertiary/aromatic N) is 4. The first-order chi connectivity index (χ1) is 11.9. The fraction of sp³-hybridized carbons (Fsp3) is 0.471. The maximum absolute atomic E-state index is 12.9. The van der Waals surface area contributed by atoms with Gasteiger partial charge in [0.05, 0.1) is 17.1 Å². The Hall–Kier alpha value is -2.22. The lowest BCUT2D eigenvalue weighted by Gasteiger charge is -2.37. The highest BCUT2D eigenvalue weighted by Gasteiger charge is 2.46. The summed E-state index contributed by atoms with van der Waals surface area (Å²) >= 11 is 0. The minimum absolute atomic E-state index is 0.0205. The van der Waals surface area contributed by atoms with Gasteiger partial charge < -0.3 is 4.90 Å². The number of para-hydroxylation sites is 1. The number of carbonyl (C=O) groups excluding carboxylic acids is 1. The van der Waals surface area contributed by atoms with Crippen LogP contribution in [0.5, 0.6) is 0 Å². The molecular weight excluding hydrogens is 340 g/mol. The third-order valence-corrected chi connectivity index (χ3v) is 6.82. The van der Waals surface area contributed by atoms with Gasteiger partial charge in [-0.3, -0.25) is 4.79 Å². The summed E-state index contributed by atoms with van der Waals surface area (Å²) in [6.07, 6.45) is 5.53. The molecule has 132 valence electrons. The first-order valence-electron chi connectivity index (χ1n) is 8.43. The normalized spacial score (nSPS) is 26.0. The summed E-state index contributed by atoms with van der Waals surface area (Å²) in [5.74, 6) is -0.151. The summed E-state index contributed by atoms with van der Waals surface area (Å²) < 4.78 is 23.8. The number of hydrogen-bond acceptors (Lipinski definition) is 5. The summed E-state index contributed by atoms with van der Waals surface area (Å²) in [7, 11) is -3.07. The summed E-state index contributed by atoms with van der Waals surface area (Å²) in [5.41, 5.74) is 1.10. The zero-order valence-corrected chi connectivity index (χ0v) is 14.8. The Morgan fingerprint density at radius 2 is 1.76 bits per heavy atom. The number of sulfone groups is 1. The monoisotopic (exact) mass is 360 g/mol. The van der Waals surface area contributed by atoms with Gasteiger partial charge in [-0.2, -0.15) is 9.90 Å². The first kappa shape index (κ1) is 16.3. The van der Waals surface area contributed by atoms with Crippen molar-refractivity contribution >= 4 is 15.7 Å². The Morgan fingerprint density at radius 1 is 1.12 bits per heavy atom. The second-order valence-corrected chi connectivity index (χ2v) is 9.20. The van der Waals surface area contributed by atoms with E-state index in [0.717, 1.165) is 18.5 Å². The number of carbonyl (C=O) groups is 1. The Balaban J connectivity index is 1.56. The molecule has 1 aromatic carbocycles. The van der Waals surface area contributed by atoms with Crippen LogP contribution in [0.1, 0.15) is 36.2 Å². The lowest BCUT2D eigenvalue weighted by Crippen LogP contribution is -2.49. The van der Waals surface area contributed by atoms with Crippen LogP contribution >= 0.6 is 0 Å². The fourth-order valence-electron chi connectivity index (χ4n) is 3.99. The van der Waals surface area contributed by atoms with Crippen molar-refractivity contribution in [3.63, 3.8) is 0 Å². The lowest BCUT2D eigenvalue weighted by molar-refractivity contribution is 0.0591. The fourth-order valence-corrected chi connectivity index (χ4v) is 5.13. The third kappa shape index (κ3) is 2.95. The Morgan fingerprint density at radius 3 is 2.36 bits per heavy atom. The molecule has 2 aliphatic heterocycles. The number of rotatable bonds is 3. The number of aromatic nitrogens is 3. The van der Waals surface area contributed by atoms with Crippen LogP contribution < -0.4 is 0 Å². The van der Waals surface area contributed by atoms with Crippen molar-refractivity contribution in [2.24, 2.45) is 0 Å². The van der Waals surface area contributed by atoms with Gasteiger partial charge in [-0.05, 0) is 37.8 Å². The molecular formula is C17H20N4O3S. The molecule has 25 heavy (non-hydrogen) atoms. The molecule has 2 atom stereocenters. The van der Waals surface area contributed by atoms with E-state index in [4.69, 9.17) is 0 Å². The number of fused-ring (bicyclic) bond motifs is 2. The maximum Gasteiger partial charge on any atom is 0.276 e.